The average Bonchev–Trinajstić information content (AvgIpc) is 3.32. The summed E-state index contributed by atoms with van der Waals surface area (Å²) in [6, 6.07) is 14.8. The quantitative estimate of drug-likeness (QED) is 0.159. The molecule has 1 amide bonds. The van der Waals surface area contributed by atoms with Gasteiger partial charge in [-0.15, -0.1) is 0 Å². The fourth-order valence-electron chi connectivity index (χ4n) is 7.08. The van der Waals surface area contributed by atoms with Gasteiger partial charge in [0.25, 0.3) is 0 Å². The van der Waals surface area contributed by atoms with Crippen molar-refractivity contribution in [3.63, 3.8) is 0 Å². The van der Waals surface area contributed by atoms with E-state index in [1.54, 1.807) is 11.0 Å². The molecule has 2 bridgehead atoms. The number of nitrogens with zero attached hydrogens (tertiary/aromatic N) is 3. The second-order valence-corrected chi connectivity index (χ2v) is 11.7. The van der Waals surface area contributed by atoms with E-state index in [4.69, 9.17) is 8.83 Å². The minimum atomic E-state index is -0.657. The summed E-state index contributed by atoms with van der Waals surface area (Å²) in [6.07, 6.45) is 0.685. The van der Waals surface area contributed by atoms with Gasteiger partial charge in [-0.2, -0.15) is 0 Å². The van der Waals surface area contributed by atoms with Gasteiger partial charge in [0.15, 0.2) is 0 Å². The number of fused-ring (bicyclic) bond motifs is 6. The van der Waals surface area contributed by atoms with E-state index in [0.29, 0.717) is 47.6 Å². The van der Waals surface area contributed by atoms with Gasteiger partial charge in [0, 0.05) is 59.2 Å². The van der Waals surface area contributed by atoms with Crippen molar-refractivity contribution < 1.29 is 18.6 Å². The Hall–Kier alpha value is -4.99. The molecule has 1 fully saturated rings. The van der Waals surface area contributed by atoms with Crippen LogP contribution in [-0.4, -0.2) is 33.4 Å². The maximum Gasteiger partial charge on any atom is 0.340 e. The second-order valence-electron chi connectivity index (χ2n) is 11.7. The molecule has 0 N–H and O–H groups in total. The summed E-state index contributed by atoms with van der Waals surface area (Å²) >= 11 is 0. The number of furan rings is 1. The number of hydrogen-bond donors (Lipinski definition) is 0. The molecule has 43 heavy (non-hydrogen) atoms. The fraction of sp³-hybridized carbons (Fsp3) is 0.303. The normalized spacial score (nSPS) is 17.8. The first-order chi connectivity index (χ1) is 20.6. The molecule has 2 atom stereocenters. The van der Waals surface area contributed by atoms with Crippen LogP contribution in [0.5, 0.6) is 0 Å². The predicted octanol–water partition coefficient (Wildman–Crippen LogP) is 5.39. The van der Waals surface area contributed by atoms with Gasteiger partial charge in [-0.3, -0.25) is 19.7 Å². The largest absolute Gasteiger partial charge is 0.460 e. The monoisotopic (exact) mass is 579 g/mol. The Balaban J connectivity index is 1.23. The van der Waals surface area contributed by atoms with Crippen LogP contribution in [0.25, 0.3) is 33.1 Å². The van der Waals surface area contributed by atoms with Crippen molar-refractivity contribution >= 4 is 33.5 Å². The number of hydrogen-bond acceptors (Lipinski definition) is 7. The molecule has 10 heteroatoms. The number of piperidine rings is 1. The lowest BCUT2D eigenvalue weighted by Gasteiger charge is -2.42. The number of benzene rings is 2. The van der Waals surface area contributed by atoms with Crippen molar-refractivity contribution in [3.05, 3.63) is 108 Å². The van der Waals surface area contributed by atoms with E-state index >= 15 is 0 Å². The lowest BCUT2D eigenvalue weighted by atomic mass is 9.83. The lowest BCUT2D eigenvalue weighted by molar-refractivity contribution is -0.386. The van der Waals surface area contributed by atoms with Crippen LogP contribution in [0.2, 0.25) is 0 Å². The Kier molecular flexibility index (Phi) is 6.12. The maximum absolute atomic E-state index is 13.7. The zero-order valence-corrected chi connectivity index (χ0v) is 24.0. The van der Waals surface area contributed by atoms with Crippen molar-refractivity contribution in [2.24, 2.45) is 5.92 Å². The molecule has 0 radical (unpaired) electrons. The van der Waals surface area contributed by atoms with Gasteiger partial charge < -0.3 is 18.3 Å². The van der Waals surface area contributed by atoms with E-state index in [9.17, 15) is 24.5 Å². The molecular weight excluding hydrogens is 550 g/mol. The van der Waals surface area contributed by atoms with Gasteiger partial charge in [0.05, 0.1) is 16.9 Å². The molecule has 5 aromatic rings. The van der Waals surface area contributed by atoms with Gasteiger partial charge in [-0.25, -0.2) is 4.79 Å². The van der Waals surface area contributed by atoms with Crippen molar-refractivity contribution in [1.29, 1.82) is 0 Å². The third kappa shape index (κ3) is 4.19. The molecule has 218 valence electrons. The highest BCUT2D eigenvalue weighted by Crippen LogP contribution is 2.40. The van der Waals surface area contributed by atoms with Crippen LogP contribution >= 0.6 is 0 Å². The highest BCUT2D eigenvalue weighted by Gasteiger charge is 2.38. The summed E-state index contributed by atoms with van der Waals surface area (Å²) in [5, 5.41) is 13.0. The molecule has 5 heterocycles. The summed E-state index contributed by atoms with van der Waals surface area (Å²) in [5.41, 5.74) is 3.98. The van der Waals surface area contributed by atoms with Crippen LogP contribution in [0.15, 0.2) is 67.0 Å². The van der Waals surface area contributed by atoms with Gasteiger partial charge in [-0.1, -0.05) is 30.3 Å². The number of carbonyl (C=O) groups is 1. The molecule has 3 aromatic heterocycles. The van der Waals surface area contributed by atoms with E-state index in [2.05, 4.69) is 0 Å². The highest BCUT2D eigenvalue weighted by atomic mass is 16.6. The Morgan fingerprint density at radius 1 is 0.953 bits per heavy atom. The molecule has 2 aliphatic heterocycles. The van der Waals surface area contributed by atoms with E-state index in [1.165, 1.54) is 10.6 Å². The van der Waals surface area contributed by atoms with Gasteiger partial charge in [-0.05, 0) is 56.4 Å². The van der Waals surface area contributed by atoms with E-state index in [0.717, 1.165) is 39.6 Å². The average molecular weight is 580 g/mol. The predicted molar refractivity (Wildman–Crippen MR) is 160 cm³/mol. The summed E-state index contributed by atoms with van der Waals surface area (Å²) in [5.74, 6) is 0.449. The molecule has 0 saturated carbocycles. The summed E-state index contributed by atoms with van der Waals surface area (Å²) in [7, 11) is 0. The van der Waals surface area contributed by atoms with Crippen molar-refractivity contribution in [3.8, 4) is 11.1 Å². The molecule has 1 saturated heterocycles. The minimum absolute atomic E-state index is 0.0133. The van der Waals surface area contributed by atoms with Crippen LogP contribution in [0.4, 0.5) is 5.69 Å². The molecule has 2 aliphatic rings. The Morgan fingerprint density at radius 3 is 2.44 bits per heavy atom. The number of aromatic nitrogens is 1. The van der Waals surface area contributed by atoms with Crippen molar-refractivity contribution in [2.75, 3.05) is 13.1 Å². The topological polar surface area (TPSA) is 129 Å². The molecule has 0 spiro atoms. The van der Waals surface area contributed by atoms with Crippen molar-refractivity contribution in [1.82, 2.24) is 9.47 Å². The molecule has 2 aromatic carbocycles. The fourth-order valence-corrected chi connectivity index (χ4v) is 7.08. The lowest BCUT2D eigenvalue weighted by Crippen LogP contribution is -2.49. The first-order valence-corrected chi connectivity index (χ1v) is 14.3. The number of carbonyl (C=O) groups excluding carboxylic acids is 1. The Morgan fingerprint density at radius 2 is 1.70 bits per heavy atom. The molecular formula is C33H29N3O7. The van der Waals surface area contributed by atoms with E-state index < -0.39 is 21.8 Å². The molecule has 7 rings (SSSR count). The summed E-state index contributed by atoms with van der Waals surface area (Å²) in [4.78, 5) is 52.0. The number of likely N-dealkylation sites (tertiary alicyclic amines) is 1. The van der Waals surface area contributed by atoms with Crippen LogP contribution in [0.3, 0.4) is 0 Å². The smallest absolute Gasteiger partial charge is 0.340 e. The van der Waals surface area contributed by atoms with Gasteiger partial charge in [0.2, 0.25) is 5.91 Å². The third-order valence-electron chi connectivity index (χ3n) is 9.16. The molecule has 1 unspecified atom stereocenters. The zero-order valence-electron chi connectivity index (χ0n) is 24.0. The first-order valence-electron chi connectivity index (χ1n) is 14.3. The SMILES string of the molecule is Cc1oc2c(C)c3oc(=O)c(CC(=O)N4CC5C[C@@H](C4)Cn4c5ccc([N+](=O)[O-])c4=O)c(C)c3cc2c1-c1ccccc1. The standard InChI is InChI=1S/C33H29N3O7/c1-17-23-12-25-29(21-7-5-4-6-8-21)19(3)42-31(25)18(2)30(23)43-33(39)24(17)13-28(37)34-14-20-11-22(16-34)26-9-10-27(36(40)41)32(38)35(26)15-20/h4-10,12,20,22H,11,13-16H2,1-3H3/t20-,22?/m0/s1. The molecule has 10 nitrogen and oxygen atoms in total. The number of aryl methyl sites for hydroxylation is 3. The number of pyridine rings is 1. The third-order valence-corrected chi connectivity index (χ3v) is 9.16. The maximum atomic E-state index is 13.7. The summed E-state index contributed by atoms with van der Waals surface area (Å²) < 4.78 is 13.5. The first kappa shape index (κ1) is 26.9. The van der Waals surface area contributed by atoms with Crippen LogP contribution < -0.4 is 11.2 Å². The number of rotatable bonds is 4. The van der Waals surface area contributed by atoms with Crippen LogP contribution in [-0.2, 0) is 17.8 Å². The van der Waals surface area contributed by atoms with Crippen molar-refractivity contribution in [2.45, 2.75) is 46.1 Å². The highest BCUT2D eigenvalue weighted by molar-refractivity contribution is 6.06. The Bertz CT molecular complexity index is 2110. The summed E-state index contributed by atoms with van der Waals surface area (Å²) in [6.45, 7) is 6.75. The second kappa shape index (κ2) is 9.79. The van der Waals surface area contributed by atoms with Crippen LogP contribution in [0, 0.1) is 36.8 Å². The van der Waals surface area contributed by atoms with Crippen LogP contribution in [0.1, 0.15) is 40.5 Å². The molecule has 0 aliphatic carbocycles. The number of nitro groups is 1. The van der Waals surface area contributed by atoms with E-state index in [1.807, 2.05) is 57.2 Å². The van der Waals surface area contributed by atoms with Gasteiger partial charge in [0.1, 0.15) is 16.9 Å². The van der Waals surface area contributed by atoms with Gasteiger partial charge >= 0.3 is 16.9 Å². The Labute approximate surface area is 245 Å². The minimum Gasteiger partial charge on any atom is -0.460 e. The van der Waals surface area contributed by atoms with E-state index in [-0.39, 0.29) is 24.2 Å². The zero-order chi connectivity index (χ0) is 30.2. The number of amides is 1.